The first-order valence-corrected chi connectivity index (χ1v) is 12.4. The number of aryl methyl sites for hydroxylation is 2. The number of carbonyl (C=O) groups excluding carboxylic acids is 2. The number of para-hydroxylation sites is 1. The van der Waals surface area contributed by atoms with E-state index in [4.69, 9.17) is 4.98 Å². The van der Waals surface area contributed by atoms with E-state index in [2.05, 4.69) is 5.32 Å². The highest BCUT2D eigenvalue weighted by atomic mass is 32.2. The van der Waals surface area contributed by atoms with E-state index in [1.165, 1.54) is 18.7 Å². The van der Waals surface area contributed by atoms with E-state index < -0.39 is 0 Å². The van der Waals surface area contributed by atoms with Crippen LogP contribution >= 0.6 is 11.8 Å². The molecule has 0 spiro atoms. The van der Waals surface area contributed by atoms with Crippen molar-refractivity contribution in [3.63, 3.8) is 0 Å². The lowest BCUT2D eigenvalue weighted by atomic mass is 10.0. The normalized spacial score (nSPS) is 11.9. The predicted octanol–water partition coefficient (Wildman–Crippen LogP) is 5.17. The number of ketones is 1. The lowest BCUT2D eigenvalue weighted by molar-refractivity contribution is -0.119. The monoisotopic (exact) mass is 485 g/mol. The van der Waals surface area contributed by atoms with Crippen LogP contribution in [-0.2, 0) is 4.79 Å². The Morgan fingerprint density at radius 2 is 1.71 bits per heavy atom. The van der Waals surface area contributed by atoms with Gasteiger partial charge in [-0.2, -0.15) is 0 Å². The molecule has 4 rings (SSSR count). The Kier molecular flexibility index (Phi) is 7.17. The molecule has 0 saturated heterocycles. The molecule has 0 radical (unpaired) electrons. The van der Waals surface area contributed by atoms with Crippen LogP contribution in [0.25, 0.3) is 16.6 Å². The summed E-state index contributed by atoms with van der Waals surface area (Å²) < 4.78 is 1.59. The van der Waals surface area contributed by atoms with Gasteiger partial charge in [0.05, 0.1) is 28.4 Å². The molecule has 1 unspecified atom stereocenters. The van der Waals surface area contributed by atoms with Crippen molar-refractivity contribution in [3.05, 3.63) is 99.3 Å². The number of benzene rings is 3. The topological polar surface area (TPSA) is 81.1 Å². The summed E-state index contributed by atoms with van der Waals surface area (Å²) in [6, 6.07) is 20.2. The number of nitrogens with zero attached hydrogens (tertiary/aromatic N) is 2. The van der Waals surface area contributed by atoms with Gasteiger partial charge >= 0.3 is 0 Å². The van der Waals surface area contributed by atoms with Crippen LogP contribution in [0.3, 0.4) is 0 Å². The fourth-order valence-corrected chi connectivity index (χ4v) is 4.77. The molecule has 7 heteroatoms. The second-order valence-corrected chi connectivity index (χ2v) is 9.52. The minimum Gasteiger partial charge on any atom is -0.350 e. The molecule has 0 aliphatic heterocycles. The van der Waals surface area contributed by atoms with E-state index in [0.29, 0.717) is 21.6 Å². The molecule has 35 heavy (non-hydrogen) atoms. The van der Waals surface area contributed by atoms with Crippen LogP contribution in [0.15, 0.2) is 76.7 Å². The highest BCUT2D eigenvalue weighted by Crippen LogP contribution is 2.24. The number of nitrogens with one attached hydrogen (secondary N) is 1. The summed E-state index contributed by atoms with van der Waals surface area (Å²) in [5.41, 5.74) is 4.86. The van der Waals surface area contributed by atoms with Gasteiger partial charge in [0, 0.05) is 12.5 Å². The molecule has 4 aromatic rings. The Balaban J connectivity index is 1.63. The summed E-state index contributed by atoms with van der Waals surface area (Å²) in [7, 11) is 0. The highest BCUT2D eigenvalue weighted by Gasteiger charge is 2.16. The van der Waals surface area contributed by atoms with Crippen molar-refractivity contribution >= 4 is 34.4 Å². The number of thioether (sulfide) groups is 1. The number of hydrogen-bond donors (Lipinski definition) is 1. The van der Waals surface area contributed by atoms with E-state index in [0.717, 1.165) is 22.4 Å². The molecule has 1 heterocycles. The Bertz CT molecular complexity index is 1480. The van der Waals surface area contributed by atoms with Crippen molar-refractivity contribution in [1.82, 2.24) is 14.9 Å². The molecule has 1 amide bonds. The molecule has 0 aliphatic carbocycles. The summed E-state index contributed by atoms with van der Waals surface area (Å²) >= 11 is 1.25. The van der Waals surface area contributed by atoms with Gasteiger partial charge < -0.3 is 5.32 Å². The minimum atomic E-state index is -0.162. The third-order valence-electron chi connectivity index (χ3n) is 5.98. The average molecular weight is 486 g/mol. The van der Waals surface area contributed by atoms with Crippen LogP contribution in [0.5, 0.6) is 0 Å². The number of aromatic nitrogens is 2. The largest absolute Gasteiger partial charge is 0.350 e. The number of rotatable bonds is 7. The zero-order valence-electron chi connectivity index (χ0n) is 20.2. The summed E-state index contributed by atoms with van der Waals surface area (Å²) in [6.07, 6.45) is 0. The maximum atomic E-state index is 13.4. The molecule has 0 fully saturated rings. The summed E-state index contributed by atoms with van der Waals surface area (Å²) in [5, 5.41) is 3.84. The number of amides is 1. The van der Waals surface area contributed by atoms with Crippen molar-refractivity contribution in [2.24, 2.45) is 0 Å². The molecule has 1 aromatic heterocycles. The molecule has 3 aromatic carbocycles. The van der Waals surface area contributed by atoms with E-state index in [9.17, 15) is 14.4 Å². The van der Waals surface area contributed by atoms with E-state index in [1.807, 2.05) is 69.3 Å². The Labute approximate surface area is 208 Å². The van der Waals surface area contributed by atoms with Crippen molar-refractivity contribution in [3.8, 4) is 5.69 Å². The van der Waals surface area contributed by atoms with Crippen molar-refractivity contribution in [1.29, 1.82) is 0 Å². The molecule has 1 N–H and O–H groups in total. The first-order valence-electron chi connectivity index (χ1n) is 11.4. The van der Waals surface area contributed by atoms with E-state index in [-0.39, 0.29) is 29.0 Å². The fraction of sp³-hybridized carbons (Fsp3) is 0.214. The Morgan fingerprint density at radius 3 is 2.40 bits per heavy atom. The van der Waals surface area contributed by atoms with Crippen LogP contribution in [0.2, 0.25) is 0 Å². The zero-order valence-corrected chi connectivity index (χ0v) is 21.0. The van der Waals surface area contributed by atoms with E-state index in [1.54, 1.807) is 22.8 Å². The van der Waals surface area contributed by atoms with Gasteiger partial charge in [0.25, 0.3) is 5.56 Å². The van der Waals surface area contributed by atoms with E-state index >= 15 is 0 Å². The lowest BCUT2D eigenvalue weighted by Gasteiger charge is -2.15. The predicted molar refractivity (Wildman–Crippen MR) is 141 cm³/mol. The van der Waals surface area contributed by atoms with Crippen molar-refractivity contribution in [2.45, 2.75) is 38.9 Å². The van der Waals surface area contributed by atoms with Gasteiger partial charge in [-0.15, -0.1) is 0 Å². The first kappa shape index (κ1) is 24.4. The highest BCUT2D eigenvalue weighted by molar-refractivity contribution is 7.99. The van der Waals surface area contributed by atoms with Crippen LogP contribution in [0.4, 0.5) is 0 Å². The number of fused-ring (bicyclic) bond motifs is 1. The average Bonchev–Trinajstić information content (AvgIpc) is 2.84. The SMILES string of the molecule is CC(=O)NC(C)c1ccc(C(=O)CSc2nc3ccccc3c(=O)n2-c2ccc(C)c(C)c2)cc1. The van der Waals surface area contributed by atoms with Crippen LogP contribution in [0.1, 0.15) is 46.9 Å². The van der Waals surface area contributed by atoms with Gasteiger partial charge in [0.2, 0.25) is 5.91 Å². The molecule has 6 nitrogen and oxygen atoms in total. The van der Waals surface area contributed by atoms with Gasteiger partial charge in [-0.25, -0.2) is 4.98 Å². The van der Waals surface area contributed by atoms with Crippen LogP contribution in [0, 0.1) is 13.8 Å². The molecule has 0 aliphatic rings. The summed E-state index contributed by atoms with van der Waals surface area (Å²) in [4.78, 5) is 42.4. The smallest absolute Gasteiger partial charge is 0.266 e. The van der Waals surface area contributed by atoms with Gasteiger partial charge in [-0.1, -0.05) is 54.2 Å². The molecule has 178 valence electrons. The number of Topliss-reactive ketones (excluding diaryl/α,β-unsaturated/α-hetero) is 1. The van der Waals surface area contributed by atoms with Gasteiger partial charge in [0.1, 0.15) is 0 Å². The summed E-state index contributed by atoms with van der Waals surface area (Å²) in [5.74, 6) is -0.0366. The Morgan fingerprint density at radius 1 is 1.00 bits per heavy atom. The van der Waals surface area contributed by atoms with Gasteiger partial charge in [-0.05, 0) is 61.7 Å². The Hall–Kier alpha value is -3.71. The molecule has 0 saturated carbocycles. The van der Waals surface area contributed by atoms with Crippen molar-refractivity contribution < 1.29 is 9.59 Å². The fourth-order valence-electron chi connectivity index (χ4n) is 3.86. The third kappa shape index (κ3) is 5.35. The second-order valence-electron chi connectivity index (χ2n) is 8.58. The maximum Gasteiger partial charge on any atom is 0.266 e. The van der Waals surface area contributed by atoms with Crippen molar-refractivity contribution in [2.75, 3.05) is 5.75 Å². The zero-order chi connectivity index (χ0) is 25.1. The first-order chi connectivity index (χ1) is 16.7. The minimum absolute atomic E-state index is 0.0669. The molecule has 1 atom stereocenters. The van der Waals surface area contributed by atoms with Crippen LogP contribution in [-0.4, -0.2) is 27.0 Å². The van der Waals surface area contributed by atoms with Crippen LogP contribution < -0.4 is 10.9 Å². The van der Waals surface area contributed by atoms with Gasteiger partial charge in [-0.3, -0.25) is 19.0 Å². The third-order valence-corrected chi connectivity index (χ3v) is 6.92. The molecular weight excluding hydrogens is 458 g/mol. The molecular formula is C28H27N3O3S. The standard InChI is InChI=1S/C28H27N3O3S/c1-17-9-14-23(15-18(17)2)31-27(34)24-7-5-6-8-25(24)30-28(31)35-16-26(33)22-12-10-21(11-13-22)19(3)29-20(4)32/h5-15,19H,16H2,1-4H3,(H,29,32). The molecule has 0 bridgehead atoms. The van der Waals surface area contributed by atoms with Gasteiger partial charge in [0.15, 0.2) is 10.9 Å². The number of carbonyl (C=O) groups is 2. The number of hydrogen-bond acceptors (Lipinski definition) is 5. The second kappa shape index (κ2) is 10.3. The lowest BCUT2D eigenvalue weighted by Crippen LogP contribution is -2.23. The maximum absolute atomic E-state index is 13.4. The quantitative estimate of drug-likeness (QED) is 0.222. The summed E-state index contributed by atoms with van der Waals surface area (Å²) in [6.45, 7) is 7.40.